The van der Waals surface area contributed by atoms with Crippen LogP contribution < -0.4 is 16.0 Å². The normalized spacial score (nSPS) is 14.6. The van der Waals surface area contributed by atoms with Gasteiger partial charge in [0.1, 0.15) is 0 Å². The second-order valence-electron chi connectivity index (χ2n) is 5.79. The average molecular weight is 421 g/mol. The van der Waals surface area contributed by atoms with E-state index in [4.69, 9.17) is 5.73 Å². The third-order valence-electron chi connectivity index (χ3n) is 4.05. The van der Waals surface area contributed by atoms with Crippen LogP contribution in [-0.4, -0.2) is 19.0 Å². The molecule has 2 aromatic rings. The molecule has 0 saturated carbocycles. The third-order valence-corrected chi connectivity index (χ3v) is 4.72. The van der Waals surface area contributed by atoms with Crippen molar-refractivity contribution in [3.05, 3.63) is 51.6 Å². The van der Waals surface area contributed by atoms with Gasteiger partial charge >= 0.3 is 0 Å². The first-order valence-corrected chi connectivity index (χ1v) is 8.93. The summed E-state index contributed by atoms with van der Waals surface area (Å²) >= 11 is 2.21. The number of nitrogens with one attached hydrogen (secondary N) is 1. The van der Waals surface area contributed by atoms with E-state index in [1.807, 2.05) is 42.5 Å². The predicted molar refractivity (Wildman–Crippen MR) is 104 cm³/mol. The van der Waals surface area contributed by atoms with E-state index in [2.05, 4.69) is 32.8 Å². The number of hydrogen-bond donors (Lipinski definition) is 2. The van der Waals surface area contributed by atoms with Crippen molar-refractivity contribution in [1.29, 1.82) is 0 Å². The summed E-state index contributed by atoms with van der Waals surface area (Å²) in [7, 11) is 0. The highest BCUT2D eigenvalue weighted by Crippen LogP contribution is 2.30. The van der Waals surface area contributed by atoms with Gasteiger partial charge in [-0.3, -0.25) is 4.79 Å². The Hall–Kier alpha value is -1.76. The molecule has 1 amide bonds. The zero-order valence-electron chi connectivity index (χ0n) is 12.9. The second-order valence-corrected chi connectivity index (χ2v) is 7.03. The van der Waals surface area contributed by atoms with Crippen LogP contribution in [0.4, 0.5) is 17.1 Å². The first-order valence-electron chi connectivity index (χ1n) is 7.85. The maximum atomic E-state index is 12.5. The lowest BCUT2D eigenvalue weighted by Crippen LogP contribution is -2.30. The molecule has 4 nitrogen and oxygen atoms in total. The fourth-order valence-corrected chi connectivity index (χ4v) is 3.43. The quantitative estimate of drug-likeness (QED) is 0.579. The number of piperidine rings is 1. The number of amides is 1. The molecule has 120 valence electrons. The zero-order chi connectivity index (χ0) is 16.2. The van der Waals surface area contributed by atoms with E-state index in [0.717, 1.165) is 28.0 Å². The summed E-state index contributed by atoms with van der Waals surface area (Å²) in [6.45, 7) is 2.05. The summed E-state index contributed by atoms with van der Waals surface area (Å²) in [6, 6.07) is 13.3. The van der Waals surface area contributed by atoms with E-state index < -0.39 is 0 Å². The van der Waals surface area contributed by atoms with Crippen LogP contribution in [0.15, 0.2) is 42.5 Å². The Balaban J connectivity index is 1.86. The molecule has 3 rings (SSSR count). The van der Waals surface area contributed by atoms with Gasteiger partial charge in [-0.1, -0.05) is 6.07 Å². The fourth-order valence-electron chi connectivity index (χ4n) is 2.89. The molecule has 1 saturated heterocycles. The minimum absolute atomic E-state index is 0.104. The van der Waals surface area contributed by atoms with E-state index in [-0.39, 0.29) is 5.91 Å². The van der Waals surface area contributed by atoms with Gasteiger partial charge in [-0.15, -0.1) is 0 Å². The van der Waals surface area contributed by atoms with Crippen LogP contribution in [0.25, 0.3) is 0 Å². The van der Waals surface area contributed by atoms with Crippen molar-refractivity contribution in [2.75, 3.05) is 29.0 Å². The van der Waals surface area contributed by atoms with Crippen LogP contribution in [0.1, 0.15) is 29.6 Å². The smallest absolute Gasteiger partial charge is 0.255 e. The Morgan fingerprint density at radius 2 is 1.87 bits per heavy atom. The molecule has 2 aromatic carbocycles. The molecule has 0 aromatic heterocycles. The van der Waals surface area contributed by atoms with E-state index in [1.165, 1.54) is 19.3 Å². The molecule has 0 aliphatic carbocycles. The molecule has 23 heavy (non-hydrogen) atoms. The fraction of sp³-hybridized carbons (Fsp3) is 0.278. The lowest BCUT2D eigenvalue weighted by atomic mass is 10.1. The number of halogens is 1. The molecule has 1 aliphatic rings. The number of nitrogen functional groups attached to an aromatic ring is 1. The van der Waals surface area contributed by atoms with Crippen LogP contribution in [0.2, 0.25) is 0 Å². The van der Waals surface area contributed by atoms with Crippen LogP contribution in [0.5, 0.6) is 0 Å². The zero-order valence-corrected chi connectivity index (χ0v) is 15.0. The number of carbonyl (C=O) groups is 1. The Morgan fingerprint density at radius 1 is 1.09 bits per heavy atom. The number of benzene rings is 2. The number of nitrogens with zero attached hydrogens (tertiary/aromatic N) is 1. The Kier molecular flexibility index (Phi) is 5.05. The molecule has 0 bridgehead atoms. The number of rotatable bonds is 3. The molecule has 5 heteroatoms. The van der Waals surface area contributed by atoms with Crippen molar-refractivity contribution in [3.8, 4) is 0 Å². The predicted octanol–water partition coefficient (Wildman–Crippen LogP) is 4.12. The topological polar surface area (TPSA) is 58.4 Å². The van der Waals surface area contributed by atoms with Crippen molar-refractivity contribution >= 4 is 45.6 Å². The number of nitrogens with two attached hydrogens (primary N) is 1. The van der Waals surface area contributed by atoms with Gasteiger partial charge in [0, 0.05) is 27.9 Å². The van der Waals surface area contributed by atoms with Gasteiger partial charge in [-0.25, -0.2) is 0 Å². The minimum Gasteiger partial charge on any atom is -0.399 e. The summed E-state index contributed by atoms with van der Waals surface area (Å²) in [5, 5.41) is 3.03. The number of anilines is 3. The number of carbonyl (C=O) groups excluding carboxylic acids is 1. The first kappa shape index (κ1) is 16.1. The maximum Gasteiger partial charge on any atom is 0.255 e. The van der Waals surface area contributed by atoms with Crippen LogP contribution in [-0.2, 0) is 0 Å². The van der Waals surface area contributed by atoms with Gasteiger partial charge in [-0.2, -0.15) is 0 Å². The lowest BCUT2D eigenvalue weighted by molar-refractivity contribution is 0.102. The molecule has 1 aliphatic heterocycles. The van der Waals surface area contributed by atoms with Crippen LogP contribution in [0.3, 0.4) is 0 Å². The van der Waals surface area contributed by atoms with Crippen molar-refractivity contribution in [3.63, 3.8) is 0 Å². The molecule has 0 atom stereocenters. The largest absolute Gasteiger partial charge is 0.399 e. The molecule has 1 heterocycles. The van der Waals surface area contributed by atoms with Gasteiger partial charge < -0.3 is 16.0 Å². The monoisotopic (exact) mass is 421 g/mol. The lowest BCUT2D eigenvalue weighted by Gasteiger charge is -2.30. The molecular weight excluding hydrogens is 401 g/mol. The molecule has 3 N–H and O–H groups in total. The van der Waals surface area contributed by atoms with Crippen molar-refractivity contribution in [1.82, 2.24) is 0 Å². The van der Waals surface area contributed by atoms with Crippen molar-refractivity contribution in [2.24, 2.45) is 0 Å². The van der Waals surface area contributed by atoms with Crippen LogP contribution >= 0.6 is 22.6 Å². The highest BCUT2D eigenvalue weighted by molar-refractivity contribution is 14.1. The SMILES string of the molecule is Nc1ccc(N2CCCCC2)c(NC(=O)c2cccc(I)c2)c1. The summed E-state index contributed by atoms with van der Waals surface area (Å²) in [6.07, 6.45) is 3.65. The Bertz CT molecular complexity index is 711. The first-order chi connectivity index (χ1) is 11.1. The summed E-state index contributed by atoms with van der Waals surface area (Å²) < 4.78 is 1.04. The number of hydrogen-bond acceptors (Lipinski definition) is 3. The van der Waals surface area contributed by atoms with Crippen LogP contribution in [0, 0.1) is 3.57 Å². The van der Waals surface area contributed by atoms with Gasteiger partial charge in [0.05, 0.1) is 11.4 Å². The maximum absolute atomic E-state index is 12.5. The average Bonchev–Trinajstić information content (AvgIpc) is 2.56. The summed E-state index contributed by atoms with van der Waals surface area (Å²) in [5.41, 5.74) is 9.08. The summed E-state index contributed by atoms with van der Waals surface area (Å²) in [4.78, 5) is 14.9. The van der Waals surface area contributed by atoms with E-state index >= 15 is 0 Å². The third kappa shape index (κ3) is 3.96. The molecule has 0 spiro atoms. The molecule has 0 radical (unpaired) electrons. The van der Waals surface area contributed by atoms with Gasteiger partial charge in [0.25, 0.3) is 5.91 Å². The van der Waals surface area contributed by atoms with E-state index in [1.54, 1.807) is 0 Å². The second kappa shape index (κ2) is 7.21. The van der Waals surface area contributed by atoms with Gasteiger partial charge in [0.2, 0.25) is 0 Å². The van der Waals surface area contributed by atoms with Gasteiger partial charge in [-0.05, 0) is 78.3 Å². The standard InChI is InChI=1S/C18H20IN3O/c19-14-6-4-5-13(11-14)18(23)21-16-12-15(20)7-8-17(16)22-9-2-1-3-10-22/h4-8,11-12H,1-3,9-10,20H2,(H,21,23). The van der Waals surface area contributed by atoms with E-state index in [9.17, 15) is 4.79 Å². The Morgan fingerprint density at radius 3 is 2.61 bits per heavy atom. The molecule has 0 unspecified atom stereocenters. The van der Waals surface area contributed by atoms with Gasteiger partial charge in [0.15, 0.2) is 0 Å². The van der Waals surface area contributed by atoms with E-state index in [0.29, 0.717) is 11.3 Å². The molecule has 1 fully saturated rings. The minimum atomic E-state index is -0.104. The Labute approximate surface area is 150 Å². The van der Waals surface area contributed by atoms with Crippen molar-refractivity contribution in [2.45, 2.75) is 19.3 Å². The highest BCUT2D eigenvalue weighted by atomic mass is 127. The van der Waals surface area contributed by atoms with Crippen molar-refractivity contribution < 1.29 is 4.79 Å². The highest BCUT2D eigenvalue weighted by Gasteiger charge is 2.16. The molecular formula is C18H20IN3O. The summed E-state index contributed by atoms with van der Waals surface area (Å²) in [5.74, 6) is -0.104.